The zero-order valence-electron chi connectivity index (χ0n) is 17.9. The van der Waals surface area contributed by atoms with Gasteiger partial charge in [-0.1, -0.05) is 23.9 Å². The van der Waals surface area contributed by atoms with E-state index in [0.717, 1.165) is 31.4 Å². The number of carbonyl (C=O) groups is 2. The predicted octanol–water partition coefficient (Wildman–Crippen LogP) is 6.43. The Hall–Kier alpha value is -3.43. The highest BCUT2D eigenvalue weighted by Gasteiger charge is 2.10. The molecule has 168 valence electrons. The van der Waals surface area contributed by atoms with Crippen LogP contribution in [0.3, 0.4) is 0 Å². The third-order valence-corrected chi connectivity index (χ3v) is 6.70. The van der Waals surface area contributed by atoms with Gasteiger partial charge in [-0.15, -0.1) is 11.3 Å². The average Bonchev–Trinajstić information content (AvgIpc) is 3.13. The van der Waals surface area contributed by atoms with Gasteiger partial charge in [0, 0.05) is 17.1 Å². The number of thioether (sulfide) groups is 1. The lowest BCUT2D eigenvalue weighted by Crippen LogP contribution is -2.19. The summed E-state index contributed by atoms with van der Waals surface area (Å²) in [6, 6.07) is 16.5. The molecule has 9 heteroatoms. The number of rotatable bonds is 6. The van der Waals surface area contributed by atoms with Crippen LogP contribution in [-0.2, 0) is 4.79 Å². The lowest BCUT2D eigenvalue weighted by atomic mass is 10.1. The maximum absolute atomic E-state index is 13.3. The van der Waals surface area contributed by atoms with Crippen molar-refractivity contribution in [3.63, 3.8) is 0 Å². The summed E-state index contributed by atoms with van der Waals surface area (Å²) in [7, 11) is 0. The molecule has 4 aromatic rings. The second-order valence-electron chi connectivity index (χ2n) is 7.46. The minimum Gasteiger partial charge on any atom is -0.325 e. The number of hydrogen-bond acceptors (Lipinski definition) is 5. The van der Waals surface area contributed by atoms with Crippen molar-refractivity contribution in [1.82, 2.24) is 4.98 Å². The molecular formula is C24H21FN4O2S2. The number of thiazole rings is 1. The van der Waals surface area contributed by atoms with Crippen molar-refractivity contribution in [2.75, 3.05) is 21.7 Å². The summed E-state index contributed by atoms with van der Waals surface area (Å²) in [6.45, 7) is 3.99. The van der Waals surface area contributed by atoms with Gasteiger partial charge in [0.2, 0.25) is 5.91 Å². The van der Waals surface area contributed by atoms with E-state index in [4.69, 9.17) is 0 Å². The maximum atomic E-state index is 13.3. The van der Waals surface area contributed by atoms with Gasteiger partial charge in [-0.25, -0.2) is 14.2 Å². The van der Waals surface area contributed by atoms with Gasteiger partial charge in [-0.2, -0.15) is 0 Å². The topological polar surface area (TPSA) is 83.1 Å². The molecule has 6 nitrogen and oxygen atoms in total. The van der Waals surface area contributed by atoms with Crippen molar-refractivity contribution in [2.45, 2.75) is 18.2 Å². The molecule has 1 aromatic heterocycles. The van der Waals surface area contributed by atoms with Crippen LogP contribution in [0.4, 0.5) is 26.2 Å². The Morgan fingerprint density at radius 1 is 0.909 bits per heavy atom. The number of anilines is 3. The summed E-state index contributed by atoms with van der Waals surface area (Å²) in [5, 5.41) is 8.25. The summed E-state index contributed by atoms with van der Waals surface area (Å²) < 4.78 is 14.9. The first-order chi connectivity index (χ1) is 15.8. The Labute approximate surface area is 198 Å². The molecule has 0 aliphatic heterocycles. The molecule has 0 aliphatic carbocycles. The standard InChI is InChI=1S/C24H21FN4O2S2/c1-14-8-15(2)10-19(9-14)26-22(30)13-32-24-29-20-7-6-18(12-21(20)33-24)28-23(31)27-17-5-3-4-16(25)11-17/h3-12H,13H2,1-2H3,(H,26,30)(H2,27,28,31). The number of amides is 3. The van der Waals surface area contributed by atoms with E-state index in [9.17, 15) is 14.0 Å². The number of halogens is 1. The van der Waals surface area contributed by atoms with Gasteiger partial charge in [0.15, 0.2) is 4.34 Å². The second kappa shape index (κ2) is 10.0. The molecule has 0 saturated heterocycles. The van der Waals surface area contributed by atoms with Crippen LogP contribution in [0.5, 0.6) is 0 Å². The Bertz CT molecular complexity index is 1320. The van der Waals surface area contributed by atoms with E-state index in [1.54, 1.807) is 12.1 Å². The summed E-state index contributed by atoms with van der Waals surface area (Å²) in [4.78, 5) is 29.1. The first kappa shape index (κ1) is 22.8. The van der Waals surface area contributed by atoms with Gasteiger partial charge in [0.1, 0.15) is 5.82 Å². The minimum atomic E-state index is -0.470. The number of nitrogens with zero attached hydrogens (tertiary/aromatic N) is 1. The molecule has 3 N–H and O–H groups in total. The number of carbonyl (C=O) groups excluding carboxylic acids is 2. The van der Waals surface area contributed by atoms with Crippen LogP contribution >= 0.6 is 23.1 Å². The summed E-state index contributed by atoms with van der Waals surface area (Å²) in [5.41, 5.74) is 4.72. The van der Waals surface area contributed by atoms with Gasteiger partial charge >= 0.3 is 6.03 Å². The quantitative estimate of drug-likeness (QED) is 0.278. The third kappa shape index (κ3) is 6.30. The normalized spacial score (nSPS) is 10.8. The molecule has 3 amide bonds. The molecule has 33 heavy (non-hydrogen) atoms. The average molecular weight is 481 g/mol. The fraction of sp³-hybridized carbons (Fsp3) is 0.125. The number of benzene rings is 3. The molecule has 0 radical (unpaired) electrons. The molecule has 0 saturated carbocycles. The second-order valence-corrected chi connectivity index (χ2v) is 9.72. The van der Waals surface area contributed by atoms with Crippen molar-refractivity contribution < 1.29 is 14.0 Å². The molecule has 0 spiro atoms. The van der Waals surface area contributed by atoms with E-state index in [1.165, 1.54) is 41.3 Å². The van der Waals surface area contributed by atoms with Gasteiger partial charge in [0.25, 0.3) is 0 Å². The Morgan fingerprint density at radius 2 is 1.64 bits per heavy atom. The highest BCUT2D eigenvalue weighted by atomic mass is 32.2. The molecule has 0 aliphatic rings. The molecular weight excluding hydrogens is 459 g/mol. The molecule has 0 atom stereocenters. The highest BCUT2D eigenvalue weighted by molar-refractivity contribution is 8.01. The Balaban J connectivity index is 1.35. The van der Waals surface area contributed by atoms with Gasteiger partial charge in [-0.05, 0) is 73.5 Å². The number of hydrogen-bond donors (Lipinski definition) is 3. The first-order valence-corrected chi connectivity index (χ1v) is 11.9. The summed E-state index contributed by atoms with van der Waals surface area (Å²) >= 11 is 2.81. The van der Waals surface area contributed by atoms with Gasteiger partial charge in [0.05, 0.1) is 16.0 Å². The van der Waals surface area contributed by atoms with Crippen molar-refractivity contribution in [3.05, 3.63) is 77.6 Å². The molecule has 0 bridgehead atoms. The van der Waals surface area contributed by atoms with E-state index < -0.39 is 11.8 Å². The van der Waals surface area contributed by atoms with Crippen molar-refractivity contribution >= 4 is 62.3 Å². The zero-order valence-corrected chi connectivity index (χ0v) is 19.6. The molecule has 1 heterocycles. The third-order valence-electron chi connectivity index (χ3n) is 4.54. The summed E-state index contributed by atoms with van der Waals surface area (Å²) in [6.07, 6.45) is 0. The number of urea groups is 1. The molecule has 3 aromatic carbocycles. The van der Waals surface area contributed by atoms with E-state index in [2.05, 4.69) is 27.0 Å². The van der Waals surface area contributed by atoms with Gasteiger partial charge < -0.3 is 16.0 Å². The number of aryl methyl sites for hydroxylation is 2. The van der Waals surface area contributed by atoms with Crippen molar-refractivity contribution in [1.29, 1.82) is 0 Å². The number of fused-ring (bicyclic) bond motifs is 1. The van der Waals surface area contributed by atoms with Crippen LogP contribution < -0.4 is 16.0 Å². The number of aromatic nitrogens is 1. The van der Waals surface area contributed by atoms with Gasteiger partial charge in [-0.3, -0.25) is 4.79 Å². The van der Waals surface area contributed by atoms with Crippen molar-refractivity contribution in [3.8, 4) is 0 Å². The smallest absolute Gasteiger partial charge is 0.323 e. The van der Waals surface area contributed by atoms with Crippen molar-refractivity contribution in [2.24, 2.45) is 0 Å². The largest absolute Gasteiger partial charge is 0.325 e. The van der Waals surface area contributed by atoms with E-state index >= 15 is 0 Å². The van der Waals surface area contributed by atoms with Crippen LogP contribution in [0.2, 0.25) is 0 Å². The van der Waals surface area contributed by atoms with Crippen LogP contribution in [-0.4, -0.2) is 22.7 Å². The predicted molar refractivity (Wildman–Crippen MR) is 134 cm³/mol. The molecule has 0 unspecified atom stereocenters. The minimum absolute atomic E-state index is 0.0966. The van der Waals surface area contributed by atoms with Crippen LogP contribution in [0.1, 0.15) is 11.1 Å². The Kier molecular flexibility index (Phi) is 6.90. The lowest BCUT2D eigenvalue weighted by molar-refractivity contribution is -0.113. The fourth-order valence-corrected chi connectivity index (χ4v) is 5.18. The highest BCUT2D eigenvalue weighted by Crippen LogP contribution is 2.31. The van der Waals surface area contributed by atoms with Crippen LogP contribution in [0, 0.1) is 19.7 Å². The summed E-state index contributed by atoms with van der Waals surface area (Å²) in [5.74, 6) is -0.277. The molecule has 0 fully saturated rings. The number of nitrogens with one attached hydrogen (secondary N) is 3. The molecule has 4 rings (SSSR count). The fourth-order valence-electron chi connectivity index (χ4n) is 3.27. The van der Waals surface area contributed by atoms with E-state index in [0.29, 0.717) is 11.4 Å². The van der Waals surface area contributed by atoms with Crippen LogP contribution in [0.15, 0.2) is 65.0 Å². The van der Waals surface area contributed by atoms with E-state index in [1.807, 2.05) is 38.1 Å². The Morgan fingerprint density at radius 3 is 2.36 bits per heavy atom. The SMILES string of the molecule is Cc1cc(C)cc(NC(=O)CSc2nc3ccc(NC(=O)Nc4cccc(F)c4)cc3s2)c1. The van der Waals surface area contributed by atoms with E-state index in [-0.39, 0.29) is 11.7 Å². The lowest BCUT2D eigenvalue weighted by Gasteiger charge is -2.07. The monoisotopic (exact) mass is 480 g/mol. The first-order valence-electron chi connectivity index (χ1n) is 10.1. The van der Waals surface area contributed by atoms with Crippen LogP contribution in [0.25, 0.3) is 10.2 Å². The maximum Gasteiger partial charge on any atom is 0.323 e. The zero-order chi connectivity index (χ0) is 23.4.